The van der Waals surface area contributed by atoms with E-state index in [1.807, 2.05) is 30.3 Å². The summed E-state index contributed by atoms with van der Waals surface area (Å²) in [6.07, 6.45) is 0. The van der Waals surface area contributed by atoms with Crippen molar-refractivity contribution in [3.63, 3.8) is 0 Å². The molecule has 0 aliphatic carbocycles. The Morgan fingerprint density at radius 1 is 1.08 bits per heavy atom. The molecule has 0 saturated heterocycles. The Morgan fingerprint density at radius 3 is 2.21 bits per heavy atom. The second kappa shape index (κ2) is 10.8. The average Bonchev–Trinajstić information content (AvgIpc) is 2.79. The minimum Gasteiger partial charge on any atom is -0.611 e. The number of benzene rings is 3. The predicted molar refractivity (Wildman–Crippen MR) is 141 cm³/mol. The summed E-state index contributed by atoms with van der Waals surface area (Å²) in [7, 11) is -5.64. The van der Waals surface area contributed by atoms with Crippen LogP contribution in [0.1, 0.15) is 47.8 Å². The summed E-state index contributed by atoms with van der Waals surface area (Å²) in [6.45, 7) is 6.94. The highest BCUT2D eigenvalue weighted by molar-refractivity contribution is 7.92. The van der Waals surface area contributed by atoms with E-state index in [0.717, 1.165) is 11.6 Å². The number of sulfone groups is 1. The Morgan fingerprint density at radius 2 is 1.68 bits per heavy atom. The molecule has 1 amide bonds. The van der Waals surface area contributed by atoms with Crippen LogP contribution in [0.15, 0.2) is 64.4 Å². The Balaban J connectivity index is 2.05. The molecule has 1 unspecified atom stereocenters. The molecule has 0 radical (unpaired) electrons. The molecule has 3 rings (SSSR count). The van der Waals surface area contributed by atoms with Crippen LogP contribution in [0.4, 0.5) is 18.9 Å². The summed E-state index contributed by atoms with van der Waals surface area (Å²) in [5.74, 6) is -1.05. The van der Waals surface area contributed by atoms with Crippen molar-refractivity contribution in [2.45, 2.75) is 54.2 Å². The molecule has 0 fully saturated rings. The summed E-state index contributed by atoms with van der Waals surface area (Å²) in [6, 6.07) is 12.9. The molecule has 12 heteroatoms. The van der Waals surface area contributed by atoms with Gasteiger partial charge in [0.1, 0.15) is 11.5 Å². The first-order valence-corrected chi connectivity index (χ1v) is 14.3. The van der Waals surface area contributed by atoms with E-state index >= 15 is 0 Å². The van der Waals surface area contributed by atoms with Gasteiger partial charge in [-0.2, -0.15) is 13.2 Å². The molecule has 38 heavy (non-hydrogen) atoms. The fourth-order valence-electron chi connectivity index (χ4n) is 3.72. The summed E-state index contributed by atoms with van der Waals surface area (Å²) in [5.41, 5.74) is -5.12. The van der Waals surface area contributed by atoms with Crippen molar-refractivity contribution in [3.05, 3.63) is 81.9 Å². The number of halogens is 4. The van der Waals surface area contributed by atoms with Gasteiger partial charge in [-0.3, -0.25) is 4.79 Å². The monoisotopic (exact) mass is 587 g/mol. The van der Waals surface area contributed by atoms with Gasteiger partial charge in [0.05, 0.1) is 21.2 Å². The molecular weight excluding hydrogens is 563 g/mol. The van der Waals surface area contributed by atoms with E-state index in [1.54, 1.807) is 26.8 Å². The van der Waals surface area contributed by atoms with E-state index < -0.39 is 47.8 Å². The highest BCUT2D eigenvalue weighted by Crippen LogP contribution is 2.40. The fraction of sp³-hybridized carbons (Fsp3) is 0.269. The van der Waals surface area contributed by atoms with Crippen LogP contribution in [-0.4, -0.2) is 29.5 Å². The van der Waals surface area contributed by atoms with Crippen LogP contribution in [-0.2, 0) is 32.2 Å². The molecule has 0 aliphatic rings. The SMILES string of the molecule is Cc1c([S+]([O-])Cc2ccccc2)cc(C(C)(C)C)c(O)c1C(=O)Nc1ccc(S(=O)(=O)C(F)(F)F)cc1Cl. The van der Waals surface area contributed by atoms with Crippen LogP contribution in [0.5, 0.6) is 5.75 Å². The standard InChI is InChI=1S/C26H25ClF3NO5S2/c1-15-21(37(34)14-16-8-6-5-7-9-16)13-18(25(2,3)4)23(32)22(15)24(33)31-20-11-10-17(12-19(20)27)38(35,36)26(28,29)30/h5-13,32H,14H2,1-4H3,(H,31,33). The molecule has 0 aromatic heterocycles. The average molecular weight is 588 g/mol. The number of amides is 1. The maximum absolute atomic E-state index is 13.4. The van der Waals surface area contributed by atoms with Crippen molar-refractivity contribution in [1.82, 2.24) is 0 Å². The summed E-state index contributed by atoms with van der Waals surface area (Å²) in [5, 5.41) is 13.0. The Bertz CT molecular complexity index is 1470. The van der Waals surface area contributed by atoms with Crippen LogP contribution in [0.25, 0.3) is 0 Å². The van der Waals surface area contributed by atoms with Crippen molar-refractivity contribution in [1.29, 1.82) is 0 Å². The van der Waals surface area contributed by atoms with Gasteiger partial charge in [-0.15, -0.1) is 0 Å². The number of carbonyl (C=O) groups is 1. The van der Waals surface area contributed by atoms with Crippen LogP contribution < -0.4 is 5.32 Å². The second-order valence-electron chi connectivity index (χ2n) is 9.54. The zero-order chi connectivity index (χ0) is 28.6. The van der Waals surface area contributed by atoms with Gasteiger partial charge >= 0.3 is 5.51 Å². The largest absolute Gasteiger partial charge is 0.611 e. The first kappa shape index (κ1) is 29.8. The lowest BCUT2D eigenvalue weighted by atomic mass is 9.84. The molecule has 3 aromatic rings. The number of carbonyl (C=O) groups excluding carboxylic acids is 1. The van der Waals surface area contributed by atoms with Gasteiger partial charge in [-0.1, -0.05) is 62.7 Å². The first-order valence-electron chi connectivity index (χ1n) is 11.2. The quantitative estimate of drug-likeness (QED) is 0.320. The summed E-state index contributed by atoms with van der Waals surface area (Å²) in [4.78, 5) is 12.6. The molecule has 0 heterocycles. The van der Waals surface area contributed by atoms with Crippen LogP contribution in [0, 0.1) is 6.92 Å². The van der Waals surface area contributed by atoms with E-state index in [0.29, 0.717) is 22.6 Å². The van der Waals surface area contributed by atoms with E-state index in [1.165, 1.54) is 6.92 Å². The third kappa shape index (κ3) is 6.12. The summed E-state index contributed by atoms with van der Waals surface area (Å²) < 4.78 is 75.4. The fourth-order valence-corrected chi connectivity index (χ4v) is 6.14. The van der Waals surface area contributed by atoms with Crippen molar-refractivity contribution >= 4 is 44.2 Å². The number of nitrogens with one attached hydrogen (secondary N) is 1. The number of hydrogen-bond acceptors (Lipinski definition) is 5. The van der Waals surface area contributed by atoms with Crippen molar-refractivity contribution in [2.75, 3.05) is 5.32 Å². The molecule has 3 aromatic carbocycles. The Hall–Kier alpha value is -2.73. The number of phenols is 1. The number of aromatic hydroxyl groups is 1. The minimum atomic E-state index is -5.64. The maximum atomic E-state index is 13.4. The maximum Gasteiger partial charge on any atom is 0.501 e. The van der Waals surface area contributed by atoms with Crippen LogP contribution in [0.2, 0.25) is 5.02 Å². The van der Waals surface area contributed by atoms with E-state index in [-0.39, 0.29) is 28.3 Å². The lowest BCUT2D eigenvalue weighted by Gasteiger charge is -2.25. The molecule has 0 saturated carbocycles. The van der Waals surface area contributed by atoms with Gasteiger partial charge in [0.15, 0.2) is 4.90 Å². The van der Waals surface area contributed by atoms with E-state index in [4.69, 9.17) is 11.6 Å². The number of anilines is 1. The number of hydrogen-bond donors (Lipinski definition) is 2. The van der Waals surface area contributed by atoms with Crippen molar-refractivity contribution < 1.29 is 36.0 Å². The lowest BCUT2D eigenvalue weighted by molar-refractivity contribution is -0.0436. The van der Waals surface area contributed by atoms with Gasteiger partial charge in [-0.25, -0.2) is 8.42 Å². The first-order chi connectivity index (χ1) is 17.4. The summed E-state index contributed by atoms with van der Waals surface area (Å²) >= 11 is 4.43. The zero-order valence-electron chi connectivity index (χ0n) is 20.8. The van der Waals surface area contributed by atoms with Crippen molar-refractivity contribution in [2.24, 2.45) is 0 Å². The highest BCUT2D eigenvalue weighted by atomic mass is 35.5. The van der Waals surface area contributed by atoms with Gasteiger partial charge in [0.25, 0.3) is 15.7 Å². The predicted octanol–water partition coefficient (Wildman–Crippen LogP) is 6.51. The minimum absolute atomic E-state index is 0.165. The molecule has 2 N–H and O–H groups in total. The molecule has 0 bridgehead atoms. The molecule has 204 valence electrons. The molecule has 0 spiro atoms. The number of alkyl halides is 3. The zero-order valence-corrected chi connectivity index (χ0v) is 23.2. The number of rotatable bonds is 6. The van der Waals surface area contributed by atoms with Gasteiger partial charge in [-0.05, 0) is 41.7 Å². The van der Waals surface area contributed by atoms with Gasteiger partial charge < -0.3 is 15.0 Å². The molecule has 1 atom stereocenters. The van der Waals surface area contributed by atoms with Crippen molar-refractivity contribution in [3.8, 4) is 5.75 Å². The number of phenolic OH excluding ortho intramolecular Hbond substituents is 1. The topological polar surface area (TPSA) is 107 Å². The molecular formula is C26H25ClF3NO5S2. The smallest absolute Gasteiger partial charge is 0.501 e. The second-order valence-corrected chi connectivity index (χ2v) is 13.3. The van der Waals surface area contributed by atoms with Crippen LogP contribution >= 0.6 is 11.6 Å². The van der Waals surface area contributed by atoms with E-state index in [9.17, 15) is 36.0 Å². The third-order valence-electron chi connectivity index (χ3n) is 5.74. The van der Waals surface area contributed by atoms with Crippen LogP contribution in [0.3, 0.4) is 0 Å². The van der Waals surface area contributed by atoms with Gasteiger partial charge in [0, 0.05) is 22.8 Å². The highest BCUT2D eigenvalue weighted by Gasteiger charge is 2.47. The van der Waals surface area contributed by atoms with E-state index in [2.05, 4.69) is 5.32 Å². The normalized spacial score (nSPS) is 13.3. The third-order valence-corrected chi connectivity index (χ3v) is 9.04. The Labute approximate surface area is 226 Å². The molecule has 0 aliphatic heterocycles. The van der Waals surface area contributed by atoms with Gasteiger partial charge in [0.2, 0.25) is 0 Å². The lowest BCUT2D eigenvalue weighted by Crippen LogP contribution is -2.23. The Kier molecular flexibility index (Phi) is 8.47. The molecule has 6 nitrogen and oxygen atoms in total.